The first kappa shape index (κ1) is 15.5. The Bertz CT molecular complexity index is 1040. The summed E-state index contributed by atoms with van der Waals surface area (Å²) in [5.74, 6) is -1.61. The highest BCUT2D eigenvalue weighted by atomic mass is 32.1. The van der Waals surface area contributed by atoms with E-state index < -0.39 is 17.4 Å². The number of fused-ring (bicyclic) bond motifs is 1. The molecular formula is C18H10F2N2O2S. The van der Waals surface area contributed by atoms with Crippen LogP contribution in [-0.2, 0) is 0 Å². The average molecular weight is 356 g/mol. The van der Waals surface area contributed by atoms with Crippen LogP contribution in [0.5, 0.6) is 17.4 Å². The number of nitrogens with zero attached hydrogens (tertiary/aromatic N) is 2. The van der Waals surface area contributed by atoms with Crippen molar-refractivity contribution in [2.24, 2.45) is 0 Å². The molecule has 4 rings (SSSR count). The zero-order valence-corrected chi connectivity index (χ0v) is 13.4. The quantitative estimate of drug-likeness (QED) is 0.553. The van der Waals surface area contributed by atoms with Gasteiger partial charge in [-0.1, -0.05) is 6.07 Å². The lowest BCUT2D eigenvalue weighted by atomic mass is 10.2. The fourth-order valence-electron chi connectivity index (χ4n) is 2.32. The number of hydrogen-bond acceptors (Lipinski definition) is 5. The van der Waals surface area contributed by atoms with Crippen LogP contribution in [0.2, 0.25) is 0 Å². The molecule has 0 aliphatic heterocycles. The van der Waals surface area contributed by atoms with Crippen LogP contribution in [0.15, 0.2) is 53.9 Å². The van der Waals surface area contributed by atoms with Crippen LogP contribution in [0.25, 0.3) is 21.6 Å². The van der Waals surface area contributed by atoms with Gasteiger partial charge in [0, 0.05) is 5.56 Å². The highest BCUT2D eigenvalue weighted by Gasteiger charge is 2.17. The Morgan fingerprint density at radius 2 is 1.64 bits per heavy atom. The van der Waals surface area contributed by atoms with Crippen molar-refractivity contribution in [3.8, 4) is 28.8 Å². The fourth-order valence-corrected chi connectivity index (χ4v) is 3.08. The second-order valence-electron chi connectivity index (χ2n) is 5.19. The first-order valence-corrected chi connectivity index (χ1v) is 8.16. The number of phenols is 1. The van der Waals surface area contributed by atoms with E-state index in [0.29, 0.717) is 21.6 Å². The third-order valence-electron chi connectivity index (χ3n) is 3.52. The van der Waals surface area contributed by atoms with E-state index in [1.54, 1.807) is 23.6 Å². The molecule has 2 aromatic heterocycles. The Morgan fingerprint density at radius 3 is 2.36 bits per heavy atom. The molecule has 7 heteroatoms. The summed E-state index contributed by atoms with van der Waals surface area (Å²) < 4.78 is 33.8. The van der Waals surface area contributed by atoms with Crippen molar-refractivity contribution >= 4 is 21.6 Å². The summed E-state index contributed by atoms with van der Waals surface area (Å²) in [7, 11) is 0. The summed E-state index contributed by atoms with van der Waals surface area (Å²) in [6.45, 7) is 0. The van der Waals surface area contributed by atoms with Crippen LogP contribution in [0, 0.1) is 11.6 Å². The molecule has 0 saturated heterocycles. The molecular weight excluding hydrogens is 346 g/mol. The van der Waals surface area contributed by atoms with Crippen LogP contribution < -0.4 is 4.74 Å². The molecule has 0 aliphatic rings. The van der Waals surface area contributed by atoms with Gasteiger partial charge in [0.25, 0.3) is 0 Å². The Hall–Kier alpha value is -3.06. The van der Waals surface area contributed by atoms with Crippen molar-refractivity contribution in [1.82, 2.24) is 9.97 Å². The number of aromatic nitrogens is 2. The lowest BCUT2D eigenvalue weighted by Crippen LogP contribution is -1.97. The Kier molecular flexibility index (Phi) is 3.77. The highest BCUT2D eigenvalue weighted by molar-refractivity contribution is 7.17. The van der Waals surface area contributed by atoms with Gasteiger partial charge in [-0.2, -0.15) is 4.98 Å². The molecule has 2 heterocycles. The minimum Gasteiger partial charge on any atom is -0.508 e. The van der Waals surface area contributed by atoms with Gasteiger partial charge in [0.2, 0.25) is 11.6 Å². The van der Waals surface area contributed by atoms with Gasteiger partial charge in [-0.05, 0) is 47.8 Å². The maximum atomic E-state index is 13.9. The van der Waals surface area contributed by atoms with Crippen molar-refractivity contribution in [2.45, 2.75) is 0 Å². The van der Waals surface area contributed by atoms with Gasteiger partial charge >= 0.3 is 0 Å². The molecule has 2 aromatic carbocycles. The molecule has 0 spiro atoms. The van der Waals surface area contributed by atoms with E-state index in [0.717, 1.165) is 12.1 Å². The number of thiophene rings is 1. The Balaban J connectivity index is 1.85. The zero-order valence-electron chi connectivity index (χ0n) is 12.6. The number of benzene rings is 2. The molecule has 25 heavy (non-hydrogen) atoms. The maximum absolute atomic E-state index is 13.9. The zero-order chi connectivity index (χ0) is 17.4. The Morgan fingerprint density at radius 1 is 0.920 bits per heavy atom. The Labute approximate surface area is 145 Å². The van der Waals surface area contributed by atoms with E-state index in [4.69, 9.17) is 4.74 Å². The monoisotopic (exact) mass is 356 g/mol. The highest BCUT2D eigenvalue weighted by Crippen LogP contribution is 2.35. The molecule has 0 radical (unpaired) electrons. The number of ether oxygens (including phenoxy) is 1. The number of para-hydroxylation sites is 1. The SMILES string of the molecule is Oc1ccc(-c2nc(Oc3c(F)cccc3F)c3sccc3n2)cc1. The lowest BCUT2D eigenvalue weighted by molar-refractivity contribution is 0.400. The van der Waals surface area contributed by atoms with Crippen molar-refractivity contribution in [3.63, 3.8) is 0 Å². The van der Waals surface area contributed by atoms with Crippen LogP contribution in [0.3, 0.4) is 0 Å². The number of rotatable bonds is 3. The second kappa shape index (κ2) is 6.10. The van der Waals surface area contributed by atoms with E-state index in [9.17, 15) is 13.9 Å². The molecule has 0 amide bonds. The van der Waals surface area contributed by atoms with Crippen LogP contribution in [-0.4, -0.2) is 15.1 Å². The second-order valence-corrected chi connectivity index (χ2v) is 6.10. The predicted molar refractivity (Wildman–Crippen MR) is 90.9 cm³/mol. The van der Waals surface area contributed by atoms with Crippen molar-refractivity contribution in [3.05, 3.63) is 65.5 Å². The van der Waals surface area contributed by atoms with Crippen molar-refractivity contribution in [1.29, 1.82) is 0 Å². The number of halogens is 2. The third kappa shape index (κ3) is 2.89. The van der Waals surface area contributed by atoms with E-state index in [1.807, 2.05) is 0 Å². The minimum absolute atomic E-state index is 0.0760. The summed E-state index contributed by atoms with van der Waals surface area (Å²) in [5.41, 5.74) is 1.25. The van der Waals surface area contributed by atoms with E-state index in [-0.39, 0.29) is 11.6 Å². The first-order chi connectivity index (χ1) is 12.1. The van der Waals surface area contributed by atoms with Gasteiger partial charge in [0.15, 0.2) is 17.5 Å². The molecule has 0 atom stereocenters. The van der Waals surface area contributed by atoms with E-state index in [1.165, 1.54) is 29.5 Å². The van der Waals surface area contributed by atoms with Gasteiger partial charge in [0.1, 0.15) is 10.4 Å². The molecule has 0 unspecified atom stereocenters. The van der Waals surface area contributed by atoms with Gasteiger partial charge in [-0.15, -0.1) is 11.3 Å². The summed E-state index contributed by atoms with van der Waals surface area (Å²) in [4.78, 5) is 8.75. The first-order valence-electron chi connectivity index (χ1n) is 7.28. The molecule has 1 N–H and O–H groups in total. The molecule has 4 aromatic rings. The van der Waals surface area contributed by atoms with Crippen LogP contribution >= 0.6 is 11.3 Å². The summed E-state index contributed by atoms with van der Waals surface area (Å²) >= 11 is 1.32. The molecule has 0 bridgehead atoms. The predicted octanol–water partition coefficient (Wildman–Crippen LogP) is 5.13. The van der Waals surface area contributed by atoms with Gasteiger partial charge in [-0.3, -0.25) is 0 Å². The van der Waals surface area contributed by atoms with E-state index >= 15 is 0 Å². The summed E-state index contributed by atoms with van der Waals surface area (Å²) in [5, 5.41) is 11.2. The average Bonchev–Trinajstić information content (AvgIpc) is 3.07. The largest absolute Gasteiger partial charge is 0.508 e. The number of hydrogen-bond donors (Lipinski definition) is 1. The molecule has 4 nitrogen and oxygen atoms in total. The molecule has 0 aliphatic carbocycles. The minimum atomic E-state index is -0.811. The molecule has 0 saturated carbocycles. The molecule has 0 fully saturated rings. The topological polar surface area (TPSA) is 55.2 Å². The molecule has 124 valence electrons. The standard InChI is InChI=1S/C18H10F2N2O2S/c19-12-2-1-3-13(20)15(12)24-18-16-14(8-9-25-16)21-17(22-18)10-4-6-11(23)7-5-10/h1-9,23H. The van der Waals surface area contributed by atoms with Crippen LogP contribution in [0.1, 0.15) is 0 Å². The maximum Gasteiger partial charge on any atom is 0.241 e. The number of aromatic hydroxyl groups is 1. The fraction of sp³-hybridized carbons (Fsp3) is 0. The summed E-state index contributed by atoms with van der Waals surface area (Å²) in [6.07, 6.45) is 0. The normalized spacial score (nSPS) is 11.0. The van der Waals surface area contributed by atoms with E-state index in [2.05, 4.69) is 9.97 Å². The van der Waals surface area contributed by atoms with Crippen molar-refractivity contribution < 1.29 is 18.6 Å². The van der Waals surface area contributed by atoms with Gasteiger partial charge in [0.05, 0.1) is 5.52 Å². The smallest absolute Gasteiger partial charge is 0.241 e. The third-order valence-corrected chi connectivity index (χ3v) is 4.41. The van der Waals surface area contributed by atoms with Gasteiger partial charge in [-0.25, -0.2) is 13.8 Å². The summed E-state index contributed by atoms with van der Waals surface area (Å²) in [6, 6.07) is 11.6. The van der Waals surface area contributed by atoms with Gasteiger partial charge < -0.3 is 9.84 Å². The number of phenolic OH excluding ortho intramolecular Hbond substituents is 1. The van der Waals surface area contributed by atoms with Crippen LogP contribution in [0.4, 0.5) is 8.78 Å². The van der Waals surface area contributed by atoms with Crippen molar-refractivity contribution in [2.75, 3.05) is 0 Å². The lowest BCUT2D eigenvalue weighted by Gasteiger charge is -2.09.